The number of hydrogen-bond acceptors (Lipinski definition) is 2. The van der Waals surface area contributed by atoms with E-state index >= 15 is 0 Å². The molecule has 0 atom stereocenters. The van der Waals surface area contributed by atoms with Crippen molar-refractivity contribution in [3.05, 3.63) is 11.6 Å². The van der Waals surface area contributed by atoms with E-state index in [-0.39, 0.29) is 18.4 Å². The second-order valence-electron chi connectivity index (χ2n) is 5.40. The fourth-order valence-electron chi connectivity index (χ4n) is 2.51. The number of carbonyl (C=O) groups excluding carboxylic acids is 2. The quantitative estimate of drug-likeness (QED) is 0.749. The van der Waals surface area contributed by atoms with Gasteiger partial charge in [0, 0.05) is 6.54 Å². The molecule has 0 bridgehead atoms. The zero-order valence-electron chi connectivity index (χ0n) is 10.6. The molecule has 1 aliphatic carbocycles. The van der Waals surface area contributed by atoms with Crippen molar-refractivity contribution in [3.8, 4) is 0 Å². The summed E-state index contributed by atoms with van der Waals surface area (Å²) in [6.45, 7) is 4.39. The highest BCUT2D eigenvalue weighted by molar-refractivity contribution is 5.97. The Labute approximate surface area is 102 Å². The summed E-state index contributed by atoms with van der Waals surface area (Å²) in [7, 11) is 0. The van der Waals surface area contributed by atoms with Crippen LogP contribution >= 0.6 is 0 Å². The summed E-state index contributed by atoms with van der Waals surface area (Å²) in [6.07, 6.45) is 6.72. The third-order valence-electron chi connectivity index (χ3n) is 3.45. The lowest BCUT2D eigenvalue weighted by Gasteiger charge is -2.37. The van der Waals surface area contributed by atoms with Gasteiger partial charge in [-0.15, -0.1) is 0 Å². The van der Waals surface area contributed by atoms with Gasteiger partial charge in [0.25, 0.3) is 0 Å². The predicted octanol–water partition coefficient (Wildman–Crippen LogP) is 1.22. The largest absolute Gasteiger partial charge is 0.341 e. The Bertz CT molecular complexity index is 372. The molecule has 2 aliphatic rings. The molecule has 1 aliphatic heterocycles. The molecular formula is C13H20N2O2. The van der Waals surface area contributed by atoms with Crippen LogP contribution in [-0.4, -0.2) is 35.3 Å². The molecular weight excluding hydrogens is 216 g/mol. The van der Waals surface area contributed by atoms with Crippen molar-refractivity contribution in [1.29, 1.82) is 0 Å². The van der Waals surface area contributed by atoms with E-state index in [0.29, 0.717) is 6.54 Å². The predicted molar refractivity (Wildman–Crippen MR) is 65.4 cm³/mol. The molecule has 94 valence electrons. The first-order valence-corrected chi connectivity index (χ1v) is 6.27. The summed E-state index contributed by atoms with van der Waals surface area (Å²) in [4.78, 5) is 25.3. The SMILES string of the molecule is CC1(C)NC(=O)CN(CCC2=CCCC2)C1=O. The first-order chi connectivity index (χ1) is 7.99. The third kappa shape index (κ3) is 2.68. The third-order valence-corrected chi connectivity index (χ3v) is 3.45. The second kappa shape index (κ2) is 4.51. The number of piperazine rings is 1. The van der Waals surface area contributed by atoms with Crippen LogP contribution in [0.25, 0.3) is 0 Å². The van der Waals surface area contributed by atoms with Crippen LogP contribution in [0.15, 0.2) is 11.6 Å². The summed E-state index contributed by atoms with van der Waals surface area (Å²) >= 11 is 0. The molecule has 2 amide bonds. The lowest BCUT2D eigenvalue weighted by Crippen LogP contribution is -2.63. The van der Waals surface area contributed by atoms with E-state index in [1.807, 2.05) is 0 Å². The number of nitrogens with one attached hydrogen (secondary N) is 1. The summed E-state index contributed by atoms with van der Waals surface area (Å²) in [5, 5.41) is 2.72. The van der Waals surface area contributed by atoms with E-state index in [0.717, 1.165) is 19.3 Å². The van der Waals surface area contributed by atoms with Crippen molar-refractivity contribution in [1.82, 2.24) is 10.2 Å². The molecule has 4 nitrogen and oxygen atoms in total. The summed E-state index contributed by atoms with van der Waals surface area (Å²) in [6, 6.07) is 0. The van der Waals surface area contributed by atoms with E-state index in [1.165, 1.54) is 12.0 Å². The van der Waals surface area contributed by atoms with Gasteiger partial charge in [-0.25, -0.2) is 0 Å². The fourth-order valence-corrected chi connectivity index (χ4v) is 2.51. The van der Waals surface area contributed by atoms with Gasteiger partial charge in [-0.1, -0.05) is 11.6 Å². The topological polar surface area (TPSA) is 49.4 Å². The van der Waals surface area contributed by atoms with Crippen LogP contribution in [0.1, 0.15) is 39.5 Å². The van der Waals surface area contributed by atoms with Gasteiger partial charge < -0.3 is 10.2 Å². The Balaban J connectivity index is 1.95. The summed E-state index contributed by atoms with van der Waals surface area (Å²) in [5.41, 5.74) is 0.681. The van der Waals surface area contributed by atoms with Gasteiger partial charge in [0.2, 0.25) is 11.8 Å². The van der Waals surface area contributed by atoms with E-state index < -0.39 is 5.54 Å². The fraction of sp³-hybridized carbons (Fsp3) is 0.692. The van der Waals surface area contributed by atoms with E-state index in [1.54, 1.807) is 18.7 Å². The first kappa shape index (κ1) is 12.1. The number of allylic oxidation sites excluding steroid dienone is 1. The number of hydrogen-bond donors (Lipinski definition) is 1. The molecule has 0 spiro atoms. The van der Waals surface area contributed by atoms with Gasteiger partial charge in [0.15, 0.2) is 0 Å². The van der Waals surface area contributed by atoms with Crippen molar-refractivity contribution in [3.63, 3.8) is 0 Å². The van der Waals surface area contributed by atoms with Crippen molar-refractivity contribution in [2.45, 2.75) is 45.1 Å². The number of nitrogens with zero attached hydrogens (tertiary/aromatic N) is 1. The Hall–Kier alpha value is -1.32. The molecule has 0 aromatic heterocycles. The highest BCUT2D eigenvalue weighted by Gasteiger charge is 2.38. The van der Waals surface area contributed by atoms with Crippen molar-refractivity contribution in [2.24, 2.45) is 0 Å². The number of rotatable bonds is 3. The normalized spacial score (nSPS) is 23.6. The second-order valence-corrected chi connectivity index (χ2v) is 5.40. The molecule has 17 heavy (non-hydrogen) atoms. The lowest BCUT2D eigenvalue weighted by molar-refractivity contribution is -0.148. The molecule has 2 rings (SSSR count). The first-order valence-electron chi connectivity index (χ1n) is 6.27. The molecule has 0 aromatic rings. The molecule has 0 radical (unpaired) electrons. The molecule has 1 N–H and O–H groups in total. The lowest BCUT2D eigenvalue weighted by atomic mass is 10.00. The maximum absolute atomic E-state index is 12.1. The zero-order valence-corrected chi connectivity index (χ0v) is 10.6. The minimum absolute atomic E-state index is 0.0238. The Morgan fingerprint density at radius 3 is 2.82 bits per heavy atom. The average Bonchev–Trinajstić information content (AvgIpc) is 2.73. The van der Waals surface area contributed by atoms with Gasteiger partial charge in [-0.2, -0.15) is 0 Å². The smallest absolute Gasteiger partial charge is 0.248 e. The Morgan fingerprint density at radius 1 is 1.41 bits per heavy atom. The summed E-state index contributed by atoms with van der Waals surface area (Å²) < 4.78 is 0. The van der Waals surface area contributed by atoms with Gasteiger partial charge in [0.05, 0.1) is 6.54 Å². The van der Waals surface area contributed by atoms with Gasteiger partial charge >= 0.3 is 0 Å². The van der Waals surface area contributed by atoms with Crippen LogP contribution in [-0.2, 0) is 9.59 Å². The molecule has 4 heteroatoms. The molecule has 1 fully saturated rings. The molecule has 1 heterocycles. The van der Waals surface area contributed by atoms with Gasteiger partial charge in [-0.3, -0.25) is 9.59 Å². The maximum Gasteiger partial charge on any atom is 0.248 e. The van der Waals surface area contributed by atoms with Crippen molar-refractivity contribution < 1.29 is 9.59 Å². The van der Waals surface area contributed by atoms with E-state index in [2.05, 4.69) is 11.4 Å². The number of amides is 2. The number of carbonyl (C=O) groups is 2. The Morgan fingerprint density at radius 2 is 2.18 bits per heavy atom. The van der Waals surface area contributed by atoms with Crippen molar-refractivity contribution >= 4 is 11.8 Å². The molecule has 1 saturated heterocycles. The Kier molecular flexibility index (Phi) is 3.22. The maximum atomic E-state index is 12.1. The monoisotopic (exact) mass is 236 g/mol. The van der Waals surface area contributed by atoms with Crippen LogP contribution in [0.3, 0.4) is 0 Å². The highest BCUT2D eigenvalue weighted by atomic mass is 16.2. The van der Waals surface area contributed by atoms with Gasteiger partial charge in [0.1, 0.15) is 5.54 Å². The zero-order chi connectivity index (χ0) is 12.5. The highest BCUT2D eigenvalue weighted by Crippen LogP contribution is 2.22. The molecule has 0 aromatic carbocycles. The molecule has 0 unspecified atom stereocenters. The summed E-state index contributed by atoms with van der Waals surface area (Å²) in [5.74, 6) is -0.0364. The van der Waals surface area contributed by atoms with Crippen LogP contribution < -0.4 is 5.32 Å². The average molecular weight is 236 g/mol. The van der Waals surface area contributed by atoms with Crippen LogP contribution in [0.5, 0.6) is 0 Å². The van der Waals surface area contributed by atoms with Crippen molar-refractivity contribution in [2.75, 3.05) is 13.1 Å². The molecule has 0 saturated carbocycles. The van der Waals surface area contributed by atoms with Crippen LogP contribution in [0.2, 0.25) is 0 Å². The minimum Gasteiger partial charge on any atom is -0.341 e. The van der Waals surface area contributed by atoms with Crippen LogP contribution in [0.4, 0.5) is 0 Å². The van der Waals surface area contributed by atoms with E-state index in [9.17, 15) is 9.59 Å². The van der Waals surface area contributed by atoms with Crippen LogP contribution in [0, 0.1) is 0 Å². The van der Waals surface area contributed by atoms with E-state index in [4.69, 9.17) is 0 Å². The standard InChI is InChI=1S/C13H20N2O2/c1-13(2)12(17)15(9-11(16)14-13)8-7-10-5-3-4-6-10/h5H,3-4,6-9H2,1-2H3,(H,14,16). The minimum atomic E-state index is -0.751. The van der Waals surface area contributed by atoms with Gasteiger partial charge in [-0.05, 0) is 39.5 Å².